The lowest BCUT2D eigenvalue weighted by Crippen LogP contribution is -2.23. The fourth-order valence-corrected chi connectivity index (χ4v) is 3.97. The van der Waals surface area contributed by atoms with Gasteiger partial charge in [0.1, 0.15) is 5.76 Å². The highest BCUT2D eigenvalue weighted by molar-refractivity contribution is 8.15. The Morgan fingerprint density at radius 3 is 2.36 bits per heavy atom. The summed E-state index contributed by atoms with van der Waals surface area (Å²) < 4.78 is -0.559. The maximum atomic E-state index is 11.8. The number of carbonyl (C=O) groups excluding carboxylic acids is 1. The average molecular weight is 310 g/mol. The van der Waals surface area contributed by atoms with Gasteiger partial charge in [-0.05, 0) is 37.0 Å². The lowest BCUT2D eigenvalue weighted by molar-refractivity contribution is -0.107. The topological polar surface area (TPSA) is 37.3 Å². The monoisotopic (exact) mass is 310 g/mol. The molecular formula is C19H18O2S. The van der Waals surface area contributed by atoms with Crippen LogP contribution in [-0.4, -0.2) is 15.0 Å². The SMILES string of the molecule is CC1=C(O)C(C)(Cc2cccc(-c3ccccc3)c2)SC1=O. The third-order valence-corrected chi connectivity index (χ3v) is 5.34. The molecule has 0 spiro atoms. The Bertz CT molecular complexity index is 749. The van der Waals surface area contributed by atoms with E-state index in [1.807, 2.05) is 37.3 Å². The minimum absolute atomic E-state index is 0.0285. The van der Waals surface area contributed by atoms with Crippen LogP contribution in [0.4, 0.5) is 0 Å². The van der Waals surface area contributed by atoms with Gasteiger partial charge in [-0.3, -0.25) is 4.79 Å². The molecule has 0 saturated heterocycles. The van der Waals surface area contributed by atoms with E-state index in [2.05, 4.69) is 24.3 Å². The summed E-state index contributed by atoms with van der Waals surface area (Å²) in [4.78, 5) is 11.8. The first-order valence-corrected chi connectivity index (χ1v) is 8.09. The molecule has 2 nitrogen and oxygen atoms in total. The second-order valence-electron chi connectivity index (χ2n) is 5.84. The Kier molecular flexibility index (Phi) is 3.83. The molecule has 0 aliphatic carbocycles. The first-order valence-electron chi connectivity index (χ1n) is 7.28. The molecule has 2 aromatic carbocycles. The molecule has 2 aromatic rings. The van der Waals surface area contributed by atoms with E-state index in [1.165, 1.54) is 17.3 Å². The predicted octanol–water partition coefficient (Wildman–Crippen LogP) is 4.76. The molecule has 112 valence electrons. The van der Waals surface area contributed by atoms with Crippen molar-refractivity contribution in [2.45, 2.75) is 25.0 Å². The standard InChI is InChI=1S/C19H18O2S/c1-13-17(20)19(2,22-18(13)21)12-14-7-6-10-16(11-14)15-8-4-3-5-9-15/h3-11,20H,12H2,1-2H3. The molecule has 3 heteroatoms. The van der Waals surface area contributed by atoms with E-state index >= 15 is 0 Å². The van der Waals surface area contributed by atoms with Crippen molar-refractivity contribution >= 4 is 16.9 Å². The summed E-state index contributed by atoms with van der Waals surface area (Å²) in [6.07, 6.45) is 0.632. The fraction of sp³-hybridized carbons (Fsp3) is 0.211. The molecule has 0 saturated carbocycles. The van der Waals surface area contributed by atoms with E-state index in [1.54, 1.807) is 6.92 Å². The number of carbonyl (C=O) groups is 1. The highest BCUT2D eigenvalue weighted by atomic mass is 32.2. The van der Waals surface area contributed by atoms with Crippen molar-refractivity contribution < 1.29 is 9.90 Å². The third kappa shape index (κ3) is 2.69. The third-order valence-electron chi connectivity index (χ3n) is 4.06. The quantitative estimate of drug-likeness (QED) is 0.888. The Labute approximate surface area is 134 Å². The van der Waals surface area contributed by atoms with Crippen molar-refractivity contribution in [2.24, 2.45) is 0 Å². The number of thioether (sulfide) groups is 1. The molecule has 1 heterocycles. The zero-order chi connectivity index (χ0) is 15.7. The number of rotatable bonds is 3. The van der Waals surface area contributed by atoms with E-state index < -0.39 is 4.75 Å². The molecule has 0 bridgehead atoms. The number of hydrogen-bond acceptors (Lipinski definition) is 3. The summed E-state index contributed by atoms with van der Waals surface area (Å²) in [6.45, 7) is 3.62. The first-order chi connectivity index (χ1) is 10.5. The van der Waals surface area contributed by atoms with Gasteiger partial charge in [0.2, 0.25) is 5.12 Å². The van der Waals surface area contributed by atoms with E-state index in [9.17, 15) is 9.90 Å². The molecule has 0 fully saturated rings. The molecule has 1 N–H and O–H groups in total. The fourth-order valence-electron chi connectivity index (χ4n) is 2.82. The molecule has 1 aliphatic heterocycles. The second kappa shape index (κ2) is 5.65. The van der Waals surface area contributed by atoms with Gasteiger partial charge in [-0.25, -0.2) is 0 Å². The van der Waals surface area contributed by atoms with Crippen molar-refractivity contribution in [2.75, 3.05) is 0 Å². The van der Waals surface area contributed by atoms with Crippen LogP contribution < -0.4 is 0 Å². The Balaban J connectivity index is 1.90. The van der Waals surface area contributed by atoms with E-state index in [0.29, 0.717) is 12.0 Å². The molecule has 0 amide bonds. The summed E-state index contributed by atoms with van der Waals surface area (Å²) in [5, 5.41) is 10.2. The highest BCUT2D eigenvalue weighted by Crippen LogP contribution is 2.44. The van der Waals surface area contributed by atoms with Crippen LogP contribution in [0.3, 0.4) is 0 Å². The molecule has 0 radical (unpaired) electrons. The van der Waals surface area contributed by atoms with Crippen LogP contribution in [0.25, 0.3) is 11.1 Å². The van der Waals surface area contributed by atoms with Gasteiger partial charge in [-0.1, -0.05) is 66.4 Å². The van der Waals surface area contributed by atoms with Gasteiger partial charge in [0.15, 0.2) is 0 Å². The molecule has 0 aromatic heterocycles. The smallest absolute Gasteiger partial charge is 0.219 e. The minimum atomic E-state index is -0.559. The van der Waals surface area contributed by atoms with Crippen LogP contribution in [0.5, 0.6) is 0 Å². The average Bonchev–Trinajstić information content (AvgIpc) is 2.72. The van der Waals surface area contributed by atoms with Crippen LogP contribution in [0.1, 0.15) is 19.4 Å². The summed E-state index contributed by atoms with van der Waals surface area (Å²) >= 11 is 1.22. The summed E-state index contributed by atoms with van der Waals surface area (Å²) in [5.74, 6) is 0.215. The van der Waals surface area contributed by atoms with Gasteiger partial charge in [-0.15, -0.1) is 0 Å². The van der Waals surface area contributed by atoms with Crippen molar-refractivity contribution in [1.82, 2.24) is 0 Å². The number of hydrogen-bond donors (Lipinski definition) is 1. The molecule has 3 rings (SSSR count). The number of benzene rings is 2. The minimum Gasteiger partial charge on any atom is -0.510 e. The molecule has 22 heavy (non-hydrogen) atoms. The van der Waals surface area contributed by atoms with Crippen molar-refractivity contribution in [3.05, 3.63) is 71.5 Å². The van der Waals surface area contributed by atoms with E-state index in [0.717, 1.165) is 11.1 Å². The van der Waals surface area contributed by atoms with Gasteiger partial charge >= 0.3 is 0 Å². The van der Waals surface area contributed by atoms with Crippen LogP contribution in [0.2, 0.25) is 0 Å². The van der Waals surface area contributed by atoms with Gasteiger partial charge < -0.3 is 5.11 Å². The Morgan fingerprint density at radius 1 is 1.05 bits per heavy atom. The zero-order valence-electron chi connectivity index (χ0n) is 12.7. The molecule has 1 aliphatic rings. The van der Waals surface area contributed by atoms with Crippen LogP contribution in [-0.2, 0) is 11.2 Å². The van der Waals surface area contributed by atoms with E-state index in [4.69, 9.17) is 0 Å². The zero-order valence-corrected chi connectivity index (χ0v) is 13.5. The second-order valence-corrected chi connectivity index (χ2v) is 7.31. The summed E-state index contributed by atoms with van der Waals surface area (Å²) in [6, 6.07) is 18.5. The van der Waals surface area contributed by atoms with Gasteiger partial charge in [0.25, 0.3) is 0 Å². The maximum Gasteiger partial charge on any atom is 0.219 e. The Morgan fingerprint density at radius 2 is 1.73 bits per heavy atom. The normalized spacial score (nSPS) is 21.5. The Hall–Kier alpha value is -2.00. The maximum absolute atomic E-state index is 11.8. The lowest BCUT2D eigenvalue weighted by atomic mass is 9.94. The van der Waals surface area contributed by atoms with Crippen LogP contribution in [0.15, 0.2) is 65.9 Å². The first kappa shape index (κ1) is 14.9. The summed E-state index contributed by atoms with van der Waals surface area (Å²) in [5.41, 5.74) is 3.91. The van der Waals surface area contributed by atoms with Gasteiger partial charge in [0.05, 0.1) is 4.75 Å². The highest BCUT2D eigenvalue weighted by Gasteiger charge is 2.41. The molecule has 1 atom stereocenters. The van der Waals surface area contributed by atoms with Gasteiger partial charge in [-0.2, -0.15) is 0 Å². The van der Waals surface area contributed by atoms with Crippen molar-refractivity contribution in [1.29, 1.82) is 0 Å². The molecular weight excluding hydrogens is 292 g/mol. The predicted molar refractivity (Wildman–Crippen MR) is 91.9 cm³/mol. The van der Waals surface area contributed by atoms with Crippen molar-refractivity contribution in [3.63, 3.8) is 0 Å². The number of aliphatic hydroxyl groups excluding tert-OH is 1. The van der Waals surface area contributed by atoms with Crippen LogP contribution >= 0.6 is 11.8 Å². The largest absolute Gasteiger partial charge is 0.510 e. The van der Waals surface area contributed by atoms with E-state index in [-0.39, 0.29) is 10.9 Å². The number of aliphatic hydroxyl groups is 1. The molecule has 1 unspecified atom stereocenters. The van der Waals surface area contributed by atoms with Crippen LogP contribution in [0, 0.1) is 0 Å². The van der Waals surface area contributed by atoms with Crippen molar-refractivity contribution in [3.8, 4) is 11.1 Å². The van der Waals surface area contributed by atoms with Gasteiger partial charge in [0, 0.05) is 5.57 Å². The summed E-state index contributed by atoms with van der Waals surface area (Å²) in [7, 11) is 0. The lowest BCUT2D eigenvalue weighted by Gasteiger charge is -2.23.